The Hall–Kier alpha value is -2.02. The monoisotopic (exact) mass is 405 g/mol. The van der Waals surface area contributed by atoms with Crippen molar-refractivity contribution in [3.8, 4) is 5.88 Å². The summed E-state index contributed by atoms with van der Waals surface area (Å²) in [5, 5.41) is 9.66. The second kappa shape index (κ2) is 8.89. The molecule has 25 heavy (non-hydrogen) atoms. The molecule has 0 atom stereocenters. The Labute approximate surface area is 157 Å². The lowest BCUT2D eigenvalue weighted by molar-refractivity contribution is -0.130. The van der Waals surface area contributed by atoms with Gasteiger partial charge in [-0.15, -0.1) is 0 Å². The number of halogens is 4. The van der Waals surface area contributed by atoms with Crippen LogP contribution < -0.4 is 4.74 Å². The number of hydrogen-bond donors (Lipinski definition) is 1. The molecule has 5 nitrogen and oxygen atoms in total. The van der Waals surface area contributed by atoms with Crippen LogP contribution >= 0.6 is 34.8 Å². The number of carboxylic acid groups (broad SMARTS) is 1. The molecule has 0 saturated heterocycles. The molecular formula is C16H11Cl3FNO4. The number of alkyl halides is 1. The van der Waals surface area contributed by atoms with Crippen LogP contribution in [0.15, 0.2) is 36.6 Å². The highest BCUT2D eigenvalue weighted by Gasteiger charge is 2.16. The second-order valence-electron chi connectivity index (χ2n) is 4.61. The Morgan fingerprint density at radius 1 is 1.24 bits per heavy atom. The Balaban J connectivity index is 2.29. The Bertz CT molecular complexity index is 814. The summed E-state index contributed by atoms with van der Waals surface area (Å²) in [6.45, 7) is -1.20. The zero-order chi connectivity index (χ0) is 18.4. The summed E-state index contributed by atoms with van der Waals surface area (Å²) in [7, 11) is 0. The van der Waals surface area contributed by atoms with Crippen LogP contribution in [-0.4, -0.2) is 22.9 Å². The van der Waals surface area contributed by atoms with Gasteiger partial charge in [-0.1, -0.05) is 59.1 Å². The van der Waals surface area contributed by atoms with E-state index in [1.165, 1.54) is 6.07 Å². The number of aromatic nitrogens is 1. The van der Waals surface area contributed by atoms with Crippen LogP contribution in [0, 0.1) is 0 Å². The van der Waals surface area contributed by atoms with Crippen molar-refractivity contribution in [2.75, 3.05) is 6.86 Å². The van der Waals surface area contributed by atoms with Crippen LogP contribution in [-0.2, 0) is 16.1 Å². The average Bonchev–Trinajstić information content (AvgIpc) is 2.58. The topological polar surface area (TPSA) is 68.7 Å². The Kier molecular flexibility index (Phi) is 6.87. The molecule has 0 radical (unpaired) electrons. The van der Waals surface area contributed by atoms with Crippen LogP contribution in [0.2, 0.25) is 15.2 Å². The molecule has 1 aromatic heterocycles. The molecule has 0 fully saturated rings. The lowest BCUT2D eigenvalue weighted by atomic mass is 10.0. The molecule has 1 N–H and O–H groups in total. The molecule has 0 amide bonds. The number of hydrogen-bond acceptors (Lipinski definition) is 4. The van der Waals surface area contributed by atoms with Gasteiger partial charge in [0.15, 0.2) is 5.15 Å². The zero-order valence-electron chi connectivity index (χ0n) is 12.5. The van der Waals surface area contributed by atoms with E-state index in [4.69, 9.17) is 39.5 Å². The molecule has 0 aliphatic rings. The van der Waals surface area contributed by atoms with Crippen molar-refractivity contribution in [3.05, 3.63) is 62.9 Å². The maximum Gasteiger partial charge on any atom is 0.339 e. The number of carbonyl (C=O) groups is 1. The van der Waals surface area contributed by atoms with E-state index < -0.39 is 12.8 Å². The van der Waals surface area contributed by atoms with Gasteiger partial charge in [-0.3, -0.25) is 0 Å². The van der Waals surface area contributed by atoms with E-state index in [-0.39, 0.29) is 33.3 Å². The first kappa shape index (κ1) is 19.3. The van der Waals surface area contributed by atoms with E-state index in [1.54, 1.807) is 24.3 Å². The minimum Gasteiger partial charge on any atom is -0.478 e. The van der Waals surface area contributed by atoms with Crippen LogP contribution in [0.4, 0.5) is 4.39 Å². The summed E-state index contributed by atoms with van der Waals surface area (Å²) >= 11 is 17.6. The highest BCUT2D eigenvalue weighted by molar-refractivity contribution is 6.42. The average molecular weight is 407 g/mol. The third-order valence-corrected chi connectivity index (χ3v) is 3.96. The molecule has 0 spiro atoms. The largest absolute Gasteiger partial charge is 0.478 e. The van der Waals surface area contributed by atoms with Gasteiger partial charge in [0.2, 0.25) is 12.7 Å². The molecule has 132 valence electrons. The van der Waals surface area contributed by atoms with E-state index in [1.807, 2.05) is 0 Å². The highest BCUT2D eigenvalue weighted by Crippen LogP contribution is 2.31. The third kappa shape index (κ3) is 4.98. The van der Waals surface area contributed by atoms with Gasteiger partial charge in [-0.05, 0) is 17.2 Å². The number of rotatable bonds is 7. The van der Waals surface area contributed by atoms with Crippen molar-refractivity contribution in [1.29, 1.82) is 0 Å². The lowest BCUT2D eigenvalue weighted by Crippen LogP contribution is -2.07. The second-order valence-corrected chi connectivity index (χ2v) is 5.78. The van der Waals surface area contributed by atoms with E-state index >= 15 is 0 Å². The van der Waals surface area contributed by atoms with Crippen molar-refractivity contribution in [2.45, 2.75) is 6.61 Å². The molecule has 2 aromatic rings. The van der Waals surface area contributed by atoms with Crippen molar-refractivity contribution in [3.63, 3.8) is 0 Å². The van der Waals surface area contributed by atoms with Crippen molar-refractivity contribution < 1.29 is 23.8 Å². The van der Waals surface area contributed by atoms with Gasteiger partial charge in [0.05, 0.1) is 5.02 Å². The standard InChI is InChI=1S/C16H11Cl3FNO4/c17-12-5-13(18)15(21-14(12)19)25-6-9-3-1-2-4-10(9)11(16(22)23)7-24-8-20/h1-5,7H,6,8H2,(H,22,23)/b11-7-. The first-order valence-corrected chi connectivity index (χ1v) is 7.91. The molecule has 1 aromatic carbocycles. The summed E-state index contributed by atoms with van der Waals surface area (Å²) in [6, 6.07) is 7.91. The molecule has 2 rings (SSSR count). The van der Waals surface area contributed by atoms with Crippen LogP contribution in [0.5, 0.6) is 5.88 Å². The molecule has 9 heteroatoms. The maximum absolute atomic E-state index is 12.2. The number of benzene rings is 1. The summed E-state index contributed by atoms with van der Waals surface area (Å²) < 4.78 is 22.2. The van der Waals surface area contributed by atoms with Gasteiger partial charge in [0, 0.05) is 0 Å². The first-order valence-electron chi connectivity index (χ1n) is 6.77. The van der Waals surface area contributed by atoms with Crippen molar-refractivity contribution in [2.24, 2.45) is 0 Å². The summed E-state index contributed by atoms with van der Waals surface area (Å²) in [6.07, 6.45) is 0.839. The molecule has 0 saturated carbocycles. The molecule has 0 bridgehead atoms. The van der Waals surface area contributed by atoms with Crippen LogP contribution in [0.3, 0.4) is 0 Å². The fourth-order valence-corrected chi connectivity index (χ4v) is 2.47. The smallest absolute Gasteiger partial charge is 0.339 e. The van der Waals surface area contributed by atoms with Gasteiger partial charge in [-0.2, -0.15) is 4.98 Å². The quantitative estimate of drug-likeness (QED) is 0.398. The van der Waals surface area contributed by atoms with Crippen molar-refractivity contribution in [1.82, 2.24) is 4.98 Å². The number of pyridine rings is 1. The number of nitrogens with zero attached hydrogens (tertiary/aromatic N) is 1. The lowest BCUT2D eigenvalue weighted by Gasteiger charge is -2.12. The summed E-state index contributed by atoms with van der Waals surface area (Å²) in [5.41, 5.74) is 0.590. The van der Waals surface area contributed by atoms with Gasteiger partial charge >= 0.3 is 5.97 Å². The van der Waals surface area contributed by atoms with Crippen molar-refractivity contribution >= 4 is 46.3 Å². The number of ether oxygens (including phenoxy) is 2. The molecule has 0 unspecified atom stereocenters. The predicted octanol–water partition coefficient (Wildman–Crippen LogP) is 4.99. The van der Waals surface area contributed by atoms with Gasteiger partial charge in [0.1, 0.15) is 23.5 Å². The molecule has 1 heterocycles. The van der Waals surface area contributed by atoms with E-state index in [0.29, 0.717) is 11.1 Å². The predicted molar refractivity (Wildman–Crippen MR) is 92.7 cm³/mol. The Morgan fingerprint density at radius 3 is 2.64 bits per heavy atom. The minimum absolute atomic E-state index is 0.0248. The molecule has 0 aliphatic carbocycles. The van der Waals surface area contributed by atoms with Gasteiger partial charge in [0.25, 0.3) is 0 Å². The summed E-state index contributed by atoms with van der Waals surface area (Å²) in [4.78, 5) is 15.3. The van der Waals surface area contributed by atoms with Gasteiger partial charge < -0.3 is 14.6 Å². The van der Waals surface area contributed by atoms with E-state index in [9.17, 15) is 14.3 Å². The van der Waals surface area contributed by atoms with Crippen LogP contribution in [0.25, 0.3) is 5.57 Å². The first-order chi connectivity index (χ1) is 11.9. The Morgan fingerprint density at radius 2 is 1.96 bits per heavy atom. The SMILES string of the molecule is O=C(O)/C(=C\OCF)c1ccccc1COc1nc(Cl)c(Cl)cc1Cl. The normalized spacial score (nSPS) is 11.3. The number of aliphatic carboxylic acids is 1. The minimum atomic E-state index is -1.27. The van der Waals surface area contributed by atoms with E-state index in [0.717, 1.165) is 6.26 Å². The third-order valence-electron chi connectivity index (χ3n) is 3.02. The maximum atomic E-state index is 12.2. The van der Waals surface area contributed by atoms with E-state index in [2.05, 4.69) is 9.72 Å². The number of carboxylic acids is 1. The molecule has 0 aliphatic heterocycles. The highest BCUT2D eigenvalue weighted by atomic mass is 35.5. The summed E-state index contributed by atoms with van der Waals surface area (Å²) in [5.74, 6) is -1.22. The zero-order valence-corrected chi connectivity index (χ0v) is 14.8. The van der Waals surface area contributed by atoms with Crippen LogP contribution in [0.1, 0.15) is 11.1 Å². The van der Waals surface area contributed by atoms with Gasteiger partial charge in [-0.25, -0.2) is 9.18 Å². The fraction of sp³-hybridized carbons (Fsp3) is 0.125. The fourth-order valence-electron chi connectivity index (χ4n) is 1.93. The molecular weight excluding hydrogens is 396 g/mol.